The van der Waals surface area contributed by atoms with E-state index in [0.29, 0.717) is 26.4 Å². The SMILES string of the molecule is COCCOCCC[Si](C)(C)O[Si](C)(C)O[Si](C)(C)CCCOCC1COC(=O)O1. The van der Waals surface area contributed by atoms with Crippen molar-refractivity contribution in [1.82, 2.24) is 0 Å². The summed E-state index contributed by atoms with van der Waals surface area (Å²) in [5, 5.41) is 0. The van der Waals surface area contributed by atoms with Crippen LogP contribution >= 0.6 is 0 Å². The van der Waals surface area contributed by atoms with E-state index in [1.54, 1.807) is 7.11 Å². The number of methoxy groups -OCH3 is 1. The summed E-state index contributed by atoms with van der Waals surface area (Å²) in [7, 11) is -4.18. The molecular weight excluding hydrogens is 440 g/mol. The molecule has 1 saturated heterocycles. The molecule has 0 amide bonds. The van der Waals surface area contributed by atoms with Crippen LogP contribution in [0.2, 0.25) is 51.4 Å². The zero-order chi connectivity index (χ0) is 22.7. The summed E-state index contributed by atoms with van der Waals surface area (Å²) >= 11 is 0. The lowest BCUT2D eigenvalue weighted by molar-refractivity contribution is 0.0460. The van der Waals surface area contributed by atoms with Gasteiger partial charge >= 0.3 is 14.7 Å². The van der Waals surface area contributed by atoms with Crippen LogP contribution in [0.1, 0.15) is 12.8 Å². The number of rotatable bonds is 17. The molecule has 0 aromatic rings. The molecule has 0 aliphatic carbocycles. The van der Waals surface area contributed by atoms with Crippen molar-refractivity contribution < 1.29 is 36.7 Å². The highest BCUT2D eigenvalue weighted by atomic mass is 28.5. The van der Waals surface area contributed by atoms with E-state index < -0.39 is 31.4 Å². The summed E-state index contributed by atoms with van der Waals surface area (Å²) in [6.45, 7) is 16.7. The minimum absolute atomic E-state index is 0.276. The minimum Gasteiger partial charge on any atom is -0.437 e. The van der Waals surface area contributed by atoms with Gasteiger partial charge in [-0.25, -0.2) is 4.79 Å². The van der Waals surface area contributed by atoms with Gasteiger partial charge in [0.05, 0.1) is 19.8 Å². The molecule has 0 aromatic carbocycles. The van der Waals surface area contributed by atoms with E-state index in [1.165, 1.54) is 0 Å². The summed E-state index contributed by atoms with van der Waals surface area (Å²) in [5.41, 5.74) is 0. The lowest BCUT2D eigenvalue weighted by atomic mass is 10.4. The van der Waals surface area contributed by atoms with E-state index in [-0.39, 0.29) is 12.7 Å². The first-order valence-electron chi connectivity index (χ1n) is 10.8. The van der Waals surface area contributed by atoms with Gasteiger partial charge in [-0.05, 0) is 64.2 Å². The fraction of sp³-hybridized carbons (Fsp3) is 0.947. The van der Waals surface area contributed by atoms with Crippen LogP contribution in [-0.2, 0) is 31.9 Å². The zero-order valence-electron chi connectivity index (χ0n) is 19.9. The predicted octanol–water partition coefficient (Wildman–Crippen LogP) is 4.13. The number of hydrogen-bond donors (Lipinski definition) is 0. The lowest BCUT2D eigenvalue weighted by Crippen LogP contribution is -2.52. The number of carbonyl (C=O) groups is 1. The van der Waals surface area contributed by atoms with Crippen molar-refractivity contribution in [2.45, 2.75) is 70.3 Å². The van der Waals surface area contributed by atoms with Gasteiger partial charge < -0.3 is 31.9 Å². The second-order valence-electron chi connectivity index (χ2n) is 9.31. The molecule has 0 bridgehead atoms. The summed E-state index contributed by atoms with van der Waals surface area (Å²) in [6.07, 6.45) is 1.04. The Balaban J connectivity index is 2.25. The molecule has 1 rings (SSSR count). The molecule has 0 saturated carbocycles. The molecule has 1 fully saturated rings. The molecule has 0 aromatic heterocycles. The van der Waals surface area contributed by atoms with E-state index in [1.807, 2.05) is 0 Å². The maximum Gasteiger partial charge on any atom is 0.508 e. The Morgan fingerprint density at radius 2 is 1.43 bits per heavy atom. The van der Waals surface area contributed by atoms with E-state index in [9.17, 15) is 4.79 Å². The Bertz CT molecular complexity index is 502. The first kappa shape index (κ1) is 27.8. The molecule has 1 aliphatic heterocycles. The topological polar surface area (TPSA) is 81.7 Å². The second kappa shape index (κ2) is 13.3. The average molecular weight is 483 g/mol. The van der Waals surface area contributed by atoms with Crippen LogP contribution in [0.15, 0.2) is 0 Å². The third kappa shape index (κ3) is 13.2. The third-order valence-corrected chi connectivity index (χ3v) is 16.0. The average Bonchev–Trinajstić information content (AvgIpc) is 3.00. The first-order chi connectivity index (χ1) is 13.9. The minimum atomic E-state index is -2.20. The molecular formula is C19H42O8Si3. The van der Waals surface area contributed by atoms with Gasteiger partial charge in [0, 0.05) is 20.3 Å². The molecule has 1 heterocycles. The van der Waals surface area contributed by atoms with Crippen molar-refractivity contribution in [3.63, 3.8) is 0 Å². The fourth-order valence-corrected chi connectivity index (χ4v) is 17.6. The van der Waals surface area contributed by atoms with Gasteiger partial charge in [0.2, 0.25) is 0 Å². The van der Waals surface area contributed by atoms with Gasteiger partial charge in [-0.1, -0.05) is 0 Å². The van der Waals surface area contributed by atoms with Crippen LogP contribution in [0.5, 0.6) is 0 Å². The molecule has 30 heavy (non-hydrogen) atoms. The summed E-state index contributed by atoms with van der Waals surface area (Å²) in [5.74, 6) is 0. The Morgan fingerprint density at radius 3 is 1.93 bits per heavy atom. The maximum absolute atomic E-state index is 10.9. The number of hydrogen-bond acceptors (Lipinski definition) is 8. The largest absolute Gasteiger partial charge is 0.508 e. The first-order valence-corrected chi connectivity index (χ1v) is 19.9. The smallest absolute Gasteiger partial charge is 0.437 e. The van der Waals surface area contributed by atoms with Gasteiger partial charge in [-0.3, -0.25) is 0 Å². The van der Waals surface area contributed by atoms with Gasteiger partial charge in [-0.15, -0.1) is 0 Å². The van der Waals surface area contributed by atoms with Crippen LogP contribution in [0.3, 0.4) is 0 Å². The molecule has 0 spiro atoms. The van der Waals surface area contributed by atoms with Crippen molar-refractivity contribution in [3.8, 4) is 0 Å². The fourth-order valence-electron chi connectivity index (χ4n) is 3.56. The Hall–Kier alpha value is -0.279. The standard InChI is InChI=1S/C19H42O8Si3/c1-21-12-13-22-10-8-14-28(2,3)26-30(6,7)27-29(4,5)15-9-11-23-16-18-17-24-19(20)25-18/h18H,8-17H2,1-7H3. The maximum atomic E-state index is 10.9. The van der Waals surface area contributed by atoms with Gasteiger partial charge in [-0.2, -0.15) is 0 Å². The Kier molecular flexibility index (Phi) is 12.3. The summed E-state index contributed by atoms with van der Waals surface area (Å²) < 4.78 is 39.1. The van der Waals surface area contributed by atoms with Crippen molar-refractivity contribution >= 4 is 31.4 Å². The summed E-state index contributed by atoms with van der Waals surface area (Å²) in [6, 6.07) is 2.06. The van der Waals surface area contributed by atoms with E-state index in [0.717, 1.165) is 31.5 Å². The Morgan fingerprint density at radius 1 is 0.867 bits per heavy atom. The molecule has 178 valence electrons. The van der Waals surface area contributed by atoms with Gasteiger partial charge in [0.15, 0.2) is 22.7 Å². The molecule has 0 radical (unpaired) electrons. The third-order valence-electron chi connectivity index (χ3n) is 4.56. The Labute approximate surface area is 185 Å². The lowest BCUT2D eigenvalue weighted by Gasteiger charge is -2.38. The highest BCUT2D eigenvalue weighted by molar-refractivity contribution is 6.87. The van der Waals surface area contributed by atoms with E-state index >= 15 is 0 Å². The second-order valence-corrected chi connectivity index (χ2v) is 21.8. The predicted molar refractivity (Wildman–Crippen MR) is 123 cm³/mol. The van der Waals surface area contributed by atoms with E-state index in [2.05, 4.69) is 39.3 Å². The van der Waals surface area contributed by atoms with Crippen LogP contribution in [0.4, 0.5) is 4.79 Å². The molecule has 1 aliphatic rings. The van der Waals surface area contributed by atoms with Crippen LogP contribution < -0.4 is 0 Å². The number of cyclic esters (lactones) is 2. The van der Waals surface area contributed by atoms with Crippen molar-refractivity contribution in [2.24, 2.45) is 0 Å². The van der Waals surface area contributed by atoms with E-state index in [4.69, 9.17) is 31.9 Å². The number of ether oxygens (including phenoxy) is 5. The van der Waals surface area contributed by atoms with Crippen LogP contribution in [-0.4, -0.2) is 84.2 Å². The molecule has 8 nitrogen and oxygen atoms in total. The molecule has 0 N–H and O–H groups in total. The van der Waals surface area contributed by atoms with Crippen LogP contribution in [0.25, 0.3) is 0 Å². The molecule has 1 unspecified atom stereocenters. The van der Waals surface area contributed by atoms with Crippen molar-refractivity contribution in [3.05, 3.63) is 0 Å². The quantitative estimate of drug-likeness (QED) is 0.174. The van der Waals surface area contributed by atoms with Crippen molar-refractivity contribution in [2.75, 3.05) is 46.8 Å². The zero-order valence-corrected chi connectivity index (χ0v) is 22.9. The molecule has 1 atom stereocenters. The van der Waals surface area contributed by atoms with Gasteiger partial charge in [0.25, 0.3) is 0 Å². The van der Waals surface area contributed by atoms with Crippen molar-refractivity contribution in [1.29, 1.82) is 0 Å². The number of carbonyl (C=O) groups excluding carboxylic acids is 1. The monoisotopic (exact) mass is 482 g/mol. The normalized spacial score (nSPS) is 17.8. The van der Waals surface area contributed by atoms with Crippen LogP contribution in [0, 0.1) is 0 Å². The summed E-state index contributed by atoms with van der Waals surface area (Å²) in [4.78, 5) is 10.9. The highest BCUT2D eigenvalue weighted by Crippen LogP contribution is 2.26. The molecule has 11 heteroatoms. The van der Waals surface area contributed by atoms with Gasteiger partial charge in [0.1, 0.15) is 6.61 Å². The highest BCUT2D eigenvalue weighted by Gasteiger charge is 2.39.